The van der Waals surface area contributed by atoms with Crippen molar-refractivity contribution in [2.24, 2.45) is 45.3 Å². The fourth-order valence-corrected chi connectivity index (χ4v) is 11.2. The molecule has 242 valence electrons. The minimum Gasteiger partial charge on any atom is -0.394 e. The fourth-order valence-electron chi connectivity index (χ4n) is 11.2. The van der Waals surface area contributed by atoms with E-state index in [-0.39, 0.29) is 30.0 Å². The predicted molar refractivity (Wildman–Crippen MR) is 166 cm³/mol. The number of fused-ring (bicyclic) bond motifs is 5. The Morgan fingerprint density at radius 1 is 1.02 bits per heavy atom. The first-order valence-corrected chi connectivity index (χ1v) is 17.2. The molecule has 0 aromatic heterocycles. The molecule has 12 atom stereocenters. The Labute approximate surface area is 255 Å². The lowest BCUT2D eigenvalue weighted by atomic mass is 9.39. The molecule has 0 aromatic rings. The normalized spacial score (nSPS) is 47.7. The van der Waals surface area contributed by atoms with Crippen LogP contribution in [0.15, 0.2) is 11.6 Å². The minimum atomic E-state index is -1.10. The first-order valence-electron chi connectivity index (χ1n) is 17.2. The van der Waals surface area contributed by atoms with Gasteiger partial charge in [0, 0.05) is 11.8 Å². The van der Waals surface area contributed by atoms with Gasteiger partial charge in [0.25, 0.3) is 0 Å². The molecule has 42 heavy (non-hydrogen) atoms. The summed E-state index contributed by atoms with van der Waals surface area (Å²) < 4.78 is 12.4. The molecule has 1 saturated heterocycles. The number of rotatable bonds is 8. The second-order valence-corrected chi connectivity index (χ2v) is 17.2. The zero-order valence-electron chi connectivity index (χ0n) is 27.9. The Morgan fingerprint density at radius 3 is 2.40 bits per heavy atom. The van der Waals surface area contributed by atoms with Gasteiger partial charge in [-0.25, -0.2) is 0 Å². The Balaban J connectivity index is 1.34. The van der Waals surface area contributed by atoms with Gasteiger partial charge in [0.2, 0.25) is 0 Å². The molecule has 1 aliphatic heterocycles. The van der Waals surface area contributed by atoms with Crippen molar-refractivity contribution in [2.45, 2.75) is 162 Å². The predicted octanol–water partition coefficient (Wildman–Crippen LogP) is 6.38. The lowest BCUT2D eigenvalue weighted by Crippen LogP contribution is -2.60. The highest BCUT2D eigenvalue weighted by Crippen LogP contribution is 2.75. The van der Waals surface area contributed by atoms with Gasteiger partial charge in [-0.3, -0.25) is 0 Å². The van der Waals surface area contributed by atoms with Crippen molar-refractivity contribution in [1.29, 1.82) is 0 Å². The second kappa shape index (κ2) is 11.4. The van der Waals surface area contributed by atoms with Gasteiger partial charge < -0.3 is 29.9 Å². The lowest BCUT2D eigenvalue weighted by Gasteiger charge is -2.66. The molecule has 0 bridgehead atoms. The molecule has 4 aliphatic carbocycles. The Bertz CT molecular complexity index is 1000. The number of hydrogen-bond acceptors (Lipinski definition) is 6. The smallest absolute Gasteiger partial charge is 0.186 e. The fraction of sp³-hybridized carbons (Fsp3) is 0.944. The molecule has 5 aliphatic rings. The van der Waals surface area contributed by atoms with E-state index in [4.69, 9.17) is 9.47 Å². The van der Waals surface area contributed by atoms with Gasteiger partial charge in [-0.1, -0.05) is 66.0 Å². The van der Waals surface area contributed by atoms with Gasteiger partial charge in [-0.2, -0.15) is 0 Å². The molecule has 0 amide bonds. The van der Waals surface area contributed by atoms with Crippen LogP contribution in [0.25, 0.3) is 0 Å². The van der Waals surface area contributed by atoms with Crippen LogP contribution in [0.5, 0.6) is 0 Å². The van der Waals surface area contributed by atoms with Gasteiger partial charge in [0.1, 0.15) is 6.10 Å². The van der Waals surface area contributed by atoms with E-state index in [2.05, 4.69) is 47.6 Å². The average molecular weight is 591 g/mol. The van der Waals surface area contributed by atoms with E-state index in [0.29, 0.717) is 28.6 Å². The molecular weight excluding hydrogens is 528 g/mol. The molecule has 3 unspecified atom stereocenters. The van der Waals surface area contributed by atoms with Crippen LogP contribution in [0, 0.1) is 45.3 Å². The van der Waals surface area contributed by atoms with Crippen LogP contribution in [-0.2, 0) is 9.47 Å². The van der Waals surface area contributed by atoms with E-state index in [1.807, 2.05) is 13.8 Å². The largest absolute Gasteiger partial charge is 0.394 e. The van der Waals surface area contributed by atoms with Gasteiger partial charge >= 0.3 is 0 Å². The van der Waals surface area contributed by atoms with E-state index in [9.17, 15) is 20.4 Å². The van der Waals surface area contributed by atoms with E-state index >= 15 is 0 Å². The molecule has 0 spiro atoms. The molecule has 6 nitrogen and oxygen atoms in total. The van der Waals surface area contributed by atoms with Gasteiger partial charge in [-0.05, 0) is 105 Å². The maximum atomic E-state index is 10.7. The Hall–Kier alpha value is -0.500. The van der Waals surface area contributed by atoms with Gasteiger partial charge in [0.05, 0.1) is 30.5 Å². The number of hydrogen-bond donors (Lipinski definition) is 4. The number of ether oxygens (including phenoxy) is 2. The molecule has 6 heteroatoms. The summed E-state index contributed by atoms with van der Waals surface area (Å²) in [5.41, 5.74) is 1.68. The quantitative estimate of drug-likeness (QED) is 0.245. The summed E-state index contributed by atoms with van der Waals surface area (Å²) in [6, 6.07) is 0. The summed E-state index contributed by atoms with van der Waals surface area (Å²) in [7, 11) is 0. The third kappa shape index (κ3) is 5.36. The molecule has 3 saturated carbocycles. The van der Waals surface area contributed by atoms with Gasteiger partial charge in [0.15, 0.2) is 6.29 Å². The Morgan fingerprint density at radius 2 is 1.74 bits per heavy atom. The Kier molecular flexibility index (Phi) is 8.91. The van der Waals surface area contributed by atoms with Gasteiger partial charge in [-0.15, -0.1) is 0 Å². The van der Waals surface area contributed by atoms with E-state index in [0.717, 1.165) is 38.0 Å². The van der Waals surface area contributed by atoms with Crippen LogP contribution < -0.4 is 0 Å². The highest BCUT2D eigenvalue weighted by atomic mass is 16.7. The van der Waals surface area contributed by atoms with Crippen molar-refractivity contribution < 1.29 is 29.9 Å². The monoisotopic (exact) mass is 590 g/mol. The van der Waals surface area contributed by atoms with Crippen LogP contribution in [0.2, 0.25) is 0 Å². The van der Waals surface area contributed by atoms with Crippen LogP contribution >= 0.6 is 0 Å². The van der Waals surface area contributed by atoms with Crippen molar-refractivity contribution in [3.63, 3.8) is 0 Å². The van der Waals surface area contributed by atoms with E-state index in [1.54, 1.807) is 0 Å². The molecule has 0 radical (unpaired) electrons. The highest BCUT2D eigenvalue weighted by Gasteiger charge is 2.67. The number of aliphatic hydroxyl groups is 4. The number of aliphatic hydroxyl groups excluding tert-OH is 3. The summed E-state index contributed by atoms with van der Waals surface area (Å²) in [6.07, 6.45) is 10.7. The minimum absolute atomic E-state index is 0.116. The maximum absolute atomic E-state index is 10.7. The average Bonchev–Trinajstić information content (AvgIpc) is 3.18. The summed E-state index contributed by atoms with van der Waals surface area (Å²) in [5, 5.41) is 40.9. The van der Waals surface area contributed by atoms with Crippen molar-refractivity contribution in [1.82, 2.24) is 0 Å². The molecular formula is C36H62O6. The lowest BCUT2D eigenvalue weighted by molar-refractivity contribution is -0.296. The molecule has 0 aromatic carbocycles. The summed E-state index contributed by atoms with van der Waals surface area (Å²) in [5.74, 6) is 2.64. The van der Waals surface area contributed by atoms with Crippen molar-refractivity contribution in [3.05, 3.63) is 11.6 Å². The van der Waals surface area contributed by atoms with Crippen molar-refractivity contribution >= 4 is 0 Å². The van der Waals surface area contributed by atoms with E-state index in [1.165, 1.54) is 37.7 Å². The number of allylic oxidation sites excluding steroid dienone is 1. The van der Waals surface area contributed by atoms with Crippen LogP contribution in [0.4, 0.5) is 0 Å². The zero-order chi connectivity index (χ0) is 30.9. The van der Waals surface area contributed by atoms with Crippen LogP contribution in [-0.4, -0.2) is 63.3 Å². The maximum Gasteiger partial charge on any atom is 0.186 e. The first-order chi connectivity index (χ1) is 19.5. The molecule has 4 N–H and O–H groups in total. The first kappa shape index (κ1) is 32.9. The summed E-state index contributed by atoms with van der Waals surface area (Å²) in [6.45, 7) is 18.6. The molecule has 1 heterocycles. The topological polar surface area (TPSA) is 99.4 Å². The summed E-state index contributed by atoms with van der Waals surface area (Å²) in [4.78, 5) is 0. The van der Waals surface area contributed by atoms with Crippen molar-refractivity contribution in [3.8, 4) is 0 Å². The van der Waals surface area contributed by atoms with Crippen LogP contribution in [0.3, 0.4) is 0 Å². The third-order valence-electron chi connectivity index (χ3n) is 14.0. The molecule has 4 fully saturated rings. The zero-order valence-corrected chi connectivity index (χ0v) is 27.9. The summed E-state index contributed by atoms with van der Waals surface area (Å²) >= 11 is 0. The van der Waals surface area contributed by atoms with E-state index < -0.39 is 30.2 Å². The second-order valence-electron chi connectivity index (χ2n) is 17.2. The highest BCUT2D eigenvalue weighted by molar-refractivity contribution is 5.30. The molecule has 5 rings (SSSR count). The van der Waals surface area contributed by atoms with Crippen LogP contribution in [0.1, 0.15) is 126 Å². The SMILES string of the molecule is C[C@H](CCCC(C)(C)O)C1CC[C@@]2(C)C3CC=C4C(CC[C@H](O[C@@H]5O[C@H](CO)C[C@H](O)[C@@H]5O)C4(C)C)[C@]3(C)CC[C@]12C. The third-order valence-corrected chi connectivity index (χ3v) is 14.0. The standard InChI is InChI=1S/C36H62O6/c1-22(10-9-16-32(2,3)40)24-15-17-36(8)28-13-11-25-26(34(28,6)18-19-35(24,36)7)12-14-29(33(25,4)5)42-31-30(39)27(38)20-23(21-37)41-31/h11,22-24,26-31,37-40H,9-10,12-21H2,1-8H3/t22-,23+,24?,26?,27+,28?,29+,30+,31+,34+,35-,36+/m1/s1. The van der Waals surface area contributed by atoms with Crippen molar-refractivity contribution in [2.75, 3.05) is 6.61 Å².